The van der Waals surface area contributed by atoms with Gasteiger partial charge in [-0.3, -0.25) is 9.78 Å². The SMILES string of the molecule is Cc1ccc(NC(=O)C2CN(S(=O)(=O)c3cccnc3)CC23CCCCC3)c(C)c1. The molecule has 2 fully saturated rings. The van der Waals surface area contributed by atoms with E-state index in [9.17, 15) is 13.2 Å². The second-order valence-electron chi connectivity index (χ2n) is 8.77. The highest BCUT2D eigenvalue weighted by molar-refractivity contribution is 7.89. The molecule has 1 aliphatic carbocycles. The van der Waals surface area contributed by atoms with E-state index in [1.54, 1.807) is 18.3 Å². The first-order valence-corrected chi connectivity index (χ1v) is 12.0. The Bertz CT molecular complexity index is 1030. The number of aryl methyl sites for hydroxylation is 2. The molecule has 0 radical (unpaired) electrons. The summed E-state index contributed by atoms with van der Waals surface area (Å²) in [5, 5.41) is 3.09. The second kappa shape index (κ2) is 8.12. The Balaban J connectivity index is 1.62. The molecule has 30 heavy (non-hydrogen) atoms. The number of hydrogen-bond donors (Lipinski definition) is 1. The summed E-state index contributed by atoms with van der Waals surface area (Å²) in [7, 11) is -3.68. The van der Waals surface area contributed by atoms with Gasteiger partial charge in [0.1, 0.15) is 4.90 Å². The van der Waals surface area contributed by atoms with Crippen LogP contribution in [0.3, 0.4) is 0 Å². The van der Waals surface area contributed by atoms with Gasteiger partial charge in [0.25, 0.3) is 0 Å². The van der Waals surface area contributed by atoms with Crippen molar-refractivity contribution in [1.29, 1.82) is 0 Å². The molecule has 0 bridgehead atoms. The predicted octanol–water partition coefficient (Wildman–Crippen LogP) is 3.91. The van der Waals surface area contributed by atoms with E-state index in [0.29, 0.717) is 6.54 Å². The molecular formula is C23H29N3O3S. The number of carbonyl (C=O) groups excluding carboxylic acids is 1. The number of carbonyl (C=O) groups is 1. The first-order chi connectivity index (χ1) is 14.3. The Morgan fingerprint density at radius 3 is 2.60 bits per heavy atom. The molecule has 1 N–H and O–H groups in total. The molecule has 1 aliphatic heterocycles. The summed E-state index contributed by atoms with van der Waals surface area (Å²) in [6, 6.07) is 9.14. The van der Waals surface area contributed by atoms with Crippen LogP contribution in [0, 0.1) is 25.2 Å². The smallest absolute Gasteiger partial charge is 0.244 e. The monoisotopic (exact) mass is 427 g/mol. The summed E-state index contributed by atoms with van der Waals surface area (Å²) < 4.78 is 28.0. The van der Waals surface area contributed by atoms with Crippen LogP contribution in [0.2, 0.25) is 0 Å². The van der Waals surface area contributed by atoms with Crippen LogP contribution in [0.15, 0.2) is 47.6 Å². The quantitative estimate of drug-likeness (QED) is 0.802. The number of amides is 1. The molecule has 2 heterocycles. The highest BCUT2D eigenvalue weighted by atomic mass is 32.2. The maximum Gasteiger partial charge on any atom is 0.244 e. The maximum absolute atomic E-state index is 13.4. The third-order valence-electron chi connectivity index (χ3n) is 6.69. The van der Waals surface area contributed by atoms with Crippen molar-refractivity contribution >= 4 is 21.6 Å². The van der Waals surface area contributed by atoms with Gasteiger partial charge in [-0.25, -0.2) is 8.42 Å². The fourth-order valence-electron chi connectivity index (χ4n) is 5.05. The Hall–Kier alpha value is -2.25. The van der Waals surface area contributed by atoms with Crippen LogP contribution in [0.1, 0.15) is 43.2 Å². The fraction of sp³-hybridized carbons (Fsp3) is 0.478. The van der Waals surface area contributed by atoms with E-state index in [-0.39, 0.29) is 28.7 Å². The fourth-order valence-corrected chi connectivity index (χ4v) is 6.57. The number of benzene rings is 1. The summed E-state index contributed by atoms with van der Waals surface area (Å²) in [4.78, 5) is 17.5. The highest BCUT2D eigenvalue weighted by Gasteiger charge is 2.53. The minimum atomic E-state index is -3.68. The molecule has 7 heteroatoms. The van der Waals surface area contributed by atoms with Gasteiger partial charge in [-0.2, -0.15) is 4.31 Å². The summed E-state index contributed by atoms with van der Waals surface area (Å²) in [5.41, 5.74) is 2.66. The highest BCUT2D eigenvalue weighted by Crippen LogP contribution is 2.49. The maximum atomic E-state index is 13.4. The van der Waals surface area contributed by atoms with E-state index < -0.39 is 10.0 Å². The lowest BCUT2D eigenvalue weighted by Gasteiger charge is -2.37. The Labute approximate surface area is 178 Å². The molecule has 2 aromatic rings. The van der Waals surface area contributed by atoms with Crippen molar-refractivity contribution in [2.75, 3.05) is 18.4 Å². The molecule has 6 nitrogen and oxygen atoms in total. The average molecular weight is 428 g/mol. The minimum Gasteiger partial charge on any atom is -0.326 e. The number of pyridine rings is 1. The molecule has 1 saturated heterocycles. The third-order valence-corrected chi connectivity index (χ3v) is 8.49. The van der Waals surface area contributed by atoms with Crippen LogP contribution in [0.5, 0.6) is 0 Å². The van der Waals surface area contributed by atoms with E-state index in [4.69, 9.17) is 0 Å². The standard InChI is InChI=1S/C23H29N3O3S/c1-17-8-9-21(18(2)13-17)25-22(27)20-15-26(16-23(20)10-4-3-5-11-23)30(28,29)19-7-6-12-24-14-19/h6-9,12-14,20H,3-5,10-11,15-16H2,1-2H3,(H,25,27). The van der Waals surface area contributed by atoms with Gasteiger partial charge in [-0.05, 0) is 55.9 Å². The molecule has 1 atom stereocenters. The summed E-state index contributed by atoms with van der Waals surface area (Å²) in [5.74, 6) is -0.433. The Kier molecular flexibility index (Phi) is 5.68. The van der Waals surface area contributed by atoms with Crippen LogP contribution in [0.25, 0.3) is 0 Å². The van der Waals surface area contributed by atoms with Gasteiger partial charge < -0.3 is 5.32 Å². The van der Waals surface area contributed by atoms with Gasteiger partial charge in [0.2, 0.25) is 15.9 Å². The summed E-state index contributed by atoms with van der Waals surface area (Å²) in [6.45, 7) is 4.61. The van der Waals surface area contributed by atoms with Crippen molar-refractivity contribution in [3.63, 3.8) is 0 Å². The van der Waals surface area contributed by atoms with Crippen molar-refractivity contribution in [2.24, 2.45) is 11.3 Å². The normalized spacial score (nSPS) is 21.6. The van der Waals surface area contributed by atoms with Crippen LogP contribution < -0.4 is 5.32 Å². The van der Waals surface area contributed by atoms with E-state index in [1.165, 1.54) is 10.5 Å². The number of nitrogens with zero attached hydrogens (tertiary/aromatic N) is 2. The van der Waals surface area contributed by atoms with Crippen LogP contribution in [-0.2, 0) is 14.8 Å². The summed E-state index contributed by atoms with van der Waals surface area (Å²) >= 11 is 0. The van der Waals surface area contributed by atoms with Crippen molar-refractivity contribution in [3.05, 3.63) is 53.9 Å². The molecule has 1 unspecified atom stereocenters. The molecule has 1 aromatic carbocycles. The lowest BCUT2D eigenvalue weighted by molar-refractivity contribution is -0.123. The third kappa shape index (κ3) is 3.88. The van der Waals surface area contributed by atoms with Gasteiger partial charge >= 0.3 is 0 Å². The number of hydrogen-bond acceptors (Lipinski definition) is 4. The molecule has 1 spiro atoms. The topological polar surface area (TPSA) is 79.4 Å². The van der Waals surface area contributed by atoms with Crippen LogP contribution in [-0.4, -0.2) is 36.7 Å². The van der Waals surface area contributed by atoms with E-state index >= 15 is 0 Å². The van der Waals surface area contributed by atoms with E-state index in [2.05, 4.69) is 10.3 Å². The van der Waals surface area contributed by atoms with Crippen molar-refractivity contribution < 1.29 is 13.2 Å². The molecule has 1 amide bonds. The number of nitrogens with one attached hydrogen (secondary N) is 1. The zero-order chi connectivity index (χ0) is 21.4. The molecule has 4 rings (SSSR count). The van der Waals surface area contributed by atoms with Gasteiger partial charge in [0, 0.05) is 31.2 Å². The first kappa shape index (κ1) is 21.0. The molecular weight excluding hydrogens is 398 g/mol. The van der Waals surface area contributed by atoms with E-state index in [0.717, 1.165) is 48.9 Å². The van der Waals surface area contributed by atoms with Crippen LogP contribution in [0.4, 0.5) is 5.69 Å². The molecule has 2 aliphatic rings. The molecule has 1 aromatic heterocycles. The lowest BCUT2D eigenvalue weighted by atomic mass is 9.67. The van der Waals surface area contributed by atoms with Crippen molar-refractivity contribution in [3.8, 4) is 0 Å². The lowest BCUT2D eigenvalue weighted by Crippen LogP contribution is -2.39. The van der Waals surface area contributed by atoms with E-state index in [1.807, 2.05) is 32.0 Å². The van der Waals surface area contributed by atoms with Crippen molar-refractivity contribution in [1.82, 2.24) is 9.29 Å². The van der Waals surface area contributed by atoms with Gasteiger partial charge in [0.15, 0.2) is 0 Å². The minimum absolute atomic E-state index is 0.0762. The van der Waals surface area contributed by atoms with Gasteiger partial charge in [-0.1, -0.05) is 37.0 Å². The summed E-state index contributed by atoms with van der Waals surface area (Å²) in [6.07, 6.45) is 7.93. The number of anilines is 1. The Morgan fingerprint density at radius 2 is 1.93 bits per heavy atom. The number of rotatable bonds is 4. The van der Waals surface area contributed by atoms with Gasteiger partial charge in [-0.15, -0.1) is 0 Å². The largest absolute Gasteiger partial charge is 0.326 e. The number of sulfonamides is 1. The second-order valence-corrected chi connectivity index (χ2v) is 10.7. The Morgan fingerprint density at radius 1 is 1.17 bits per heavy atom. The zero-order valence-corrected chi connectivity index (χ0v) is 18.4. The number of aromatic nitrogens is 1. The average Bonchev–Trinajstić information content (AvgIpc) is 3.10. The van der Waals surface area contributed by atoms with Crippen molar-refractivity contribution in [2.45, 2.75) is 50.8 Å². The molecule has 1 saturated carbocycles. The predicted molar refractivity (Wildman–Crippen MR) is 117 cm³/mol. The van der Waals surface area contributed by atoms with Gasteiger partial charge in [0.05, 0.1) is 5.92 Å². The zero-order valence-electron chi connectivity index (χ0n) is 17.6. The van der Waals surface area contributed by atoms with Crippen LogP contribution >= 0.6 is 0 Å². The molecule has 160 valence electrons. The first-order valence-electron chi connectivity index (χ1n) is 10.6.